The van der Waals surface area contributed by atoms with E-state index in [0.717, 1.165) is 25.2 Å². The summed E-state index contributed by atoms with van der Waals surface area (Å²) < 4.78 is 1.71. The van der Waals surface area contributed by atoms with Crippen LogP contribution in [0.4, 0.5) is 0 Å². The Labute approximate surface area is 174 Å². The third-order valence-corrected chi connectivity index (χ3v) is 6.32. The second-order valence-electron chi connectivity index (χ2n) is 7.04. The van der Waals surface area contributed by atoms with E-state index in [1.807, 2.05) is 42.2 Å². The van der Waals surface area contributed by atoms with Gasteiger partial charge in [0.05, 0.1) is 17.8 Å². The molecule has 0 aliphatic carbocycles. The Morgan fingerprint density at radius 1 is 1.07 bits per heavy atom. The van der Waals surface area contributed by atoms with Gasteiger partial charge < -0.3 is 4.90 Å². The molecule has 5 nitrogen and oxygen atoms in total. The van der Waals surface area contributed by atoms with Crippen molar-refractivity contribution in [3.05, 3.63) is 74.7 Å². The molecule has 28 heavy (non-hydrogen) atoms. The largest absolute Gasteiger partial charge is 0.336 e. The average Bonchev–Trinajstić information content (AvgIpc) is 3.31. The van der Waals surface area contributed by atoms with Gasteiger partial charge in [-0.1, -0.05) is 48.0 Å². The van der Waals surface area contributed by atoms with Crippen molar-refractivity contribution in [2.45, 2.75) is 20.0 Å². The van der Waals surface area contributed by atoms with Gasteiger partial charge in [0.2, 0.25) is 0 Å². The summed E-state index contributed by atoms with van der Waals surface area (Å²) in [7, 11) is 0. The highest BCUT2D eigenvalue weighted by Gasteiger charge is 2.28. The van der Waals surface area contributed by atoms with E-state index in [1.54, 1.807) is 16.0 Å². The molecular formula is C21H23ClN4OS. The Kier molecular flexibility index (Phi) is 5.80. The summed E-state index contributed by atoms with van der Waals surface area (Å²) in [6, 6.07) is 14.3. The highest BCUT2D eigenvalue weighted by Crippen LogP contribution is 2.23. The zero-order valence-corrected chi connectivity index (χ0v) is 17.4. The molecule has 4 rings (SSSR count). The summed E-state index contributed by atoms with van der Waals surface area (Å²) >= 11 is 8.34. The summed E-state index contributed by atoms with van der Waals surface area (Å²) in [4.78, 5) is 18.8. The van der Waals surface area contributed by atoms with Crippen LogP contribution >= 0.6 is 22.9 Å². The number of aryl methyl sites for hydroxylation is 1. The van der Waals surface area contributed by atoms with E-state index < -0.39 is 0 Å². The van der Waals surface area contributed by atoms with Crippen molar-refractivity contribution in [3.8, 4) is 0 Å². The molecule has 0 atom stereocenters. The molecule has 1 aromatic carbocycles. The van der Waals surface area contributed by atoms with Crippen molar-refractivity contribution in [3.63, 3.8) is 0 Å². The third-order valence-electron chi connectivity index (χ3n) is 5.07. The van der Waals surface area contributed by atoms with E-state index in [0.29, 0.717) is 36.0 Å². The van der Waals surface area contributed by atoms with Gasteiger partial charge in [-0.2, -0.15) is 5.10 Å². The van der Waals surface area contributed by atoms with Gasteiger partial charge in [-0.15, -0.1) is 11.3 Å². The topological polar surface area (TPSA) is 41.4 Å². The second-order valence-corrected chi connectivity index (χ2v) is 8.43. The SMILES string of the molecule is Cc1nn(Cc2ccccc2)c(Cl)c1C(=O)N1CCN(Cc2cccs2)CC1. The van der Waals surface area contributed by atoms with Gasteiger partial charge in [0.1, 0.15) is 5.15 Å². The van der Waals surface area contributed by atoms with E-state index in [-0.39, 0.29) is 5.91 Å². The van der Waals surface area contributed by atoms with E-state index in [4.69, 9.17) is 11.6 Å². The molecule has 1 fully saturated rings. The number of carbonyl (C=O) groups is 1. The fourth-order valence-electron chi connectivity index (χ4n) is 3.55. The lowest BCUT2D eigenvalue weighted by atomic mass is 10.2. The molecule has 1 amide bonds. The Balaban J connectivity index is 1.42. The molecule has 7 heteroatoms. The van der Waals surface area contributed by atoms with E-state index in [9.17, 15) is 4.79 Å². The zero-order chi connectivity index (χ0) is 19.5. The minimum absolute atomic E-state index is 0.0161. The van der Waals surface area contributed by atoms with Crippen molar-refractivity contribution >= 4 is 28.8 Å². The Morgan fingerprint density at radius 3 is 2.50 bits per heavy atom. The molecule has 0 radical (unpaired) electrons. The number of carbonyl (C=O) groups excluding carboxylic acids is 1. The molecular weight excluding hydrogens is 392 g/mol. The smallest absolute Gasteiger partial charge is 0.258 e. The first-order valence-electron chi connectivity index (χ1n) is 9.42. The number of piperazine rings is 1. The first kappa shape index (κ1) is 19.2. The highest BCUT2D eigenvalue weighted by molar-refractivity contribution is 7.09. The summed E-state index contributed by atoms with van der Waals surface area (Å²) in [6.45, 7) is 6.54. The lowest BCUT2D eigenvalue weighted by molar-refractivity contribution is 0.0629. The molecule has 0 spiro atoms. The maximum atomic E-state index is 13.1. The summed E-state index contributed by atoms with van der Waals surface area (Å²) in [5.74, 6) is -0.0161. The Bertz CT molecular complexity index is 931. The quantitative estimate of drug-likeness (QED) is 0.635. The minimum atomic E-state index is -0.0161. The van der Waals surface area contributed by atoms with Gasteiger partial charge in [0.25, 0.3) is 5.91 Å². The normalized spacial score (nSPS) is 15.1. The number of rotatable bonds is 5. The molecule has 1 aliphatic rings. The summed E-state index contributed by atoms with van der Waals surface area (Å²) in [5.41, 5.74) is 2.32. The van der Waals surface area contributed by atoms with Crippen molar-refractivity contribution in [1.82, 2.24) is 19.6 Å². The molecule has 0 N–H and O–H groups in total. The third kappa shape index (κ3) is 4.14. The fourth-order valence-corrected chi connectivity index (χ4v) is 4.61. The van der Waals surface area contributed by atoms with Gasteiger partial charge in [0, 0.05) is 37.6 Å². The van der Waals surface area contributed by atoms with Gasteiger partial charge in [-0.25, -0.2) is 4.68 Å². The van der Waals surface area contributed by atoms with Gasteiger partial charge >= 0.3 is 0 Å². The Hall–Kier alpha value is -2.15. The number of benzene rings is 1. The first-order valence-corrected chi connectivity index (χ1v) is 10.7. The van der Waals surface area contributed by atoms with Crippen LogP contribution in [0, 0.1) is 6.92 Å². The van der Waals surface area contributed by atoms with Crippen LogP contribution < -0.4 is 0 Å². The zero-order valence-electron chi connectivity index (χ0n) is 15.8. The van der Waals surface area contributed by atoms with Crippen LogP contribution in [0.1, 0.15) is 26.5 Å². The van der Waals surface area contributed by atoms with Gasteiger partial charge in [-0.3, -0.25) is 9.69 Å². The lowest BCUT2D eigenvalue weighted by Crippen LogP contribution is -2.48. The van der Waals surface area contributed by atoms with Crippen molar-refractivity contribution in [2.24, 2.45) is 0 Å². The van der Waals surface area contributed by atoms with Crippen LogP contribution in [0.2, 0.25) is 5.15 Å². The van der Waals surface area contributed by atoms with Crippen LogP contribution in [0.3, 0.4) is 0 Å². The molecule has 1 saturated heterocycles. The molecule has 0 bridgehead atoms. The number of aromatic nitrogens is 2. The standard InChI is InChI=1S/C21H23ClN4OS/c1-16-19(20(22)26(23-16)14-17-6-3-2-4-7-17)21(27)25-11-9-24(10-12-25)15-18-8-5-13-28-18/h2-8,13H,9-12,14-15H2,1H3. The predicted octanol–water partition coefficient (Wildman–Crippen LogP) is 3.91. The number of halogens is 1. The van der Waals surface area contributed by atoms with Crippen molar-refractivity contribution < 1.29 is 4.79 Å². The number of nitrogens with zero attached hydrogens (tertiary/aromatic N) is 4. The van der Waals surface area contributed by atoms with E-state index >= 15 is 0 Å². The number of thiophene rings is 1. The van der Waals surface area contributed by atoms with E-state index in [2.05, 4.69) is 27.5 Å². The highest BCUT2D eigenvalue weighted by atomic mass is 35.5. The summed E-state index contributed by atoms with van der Waals surface area (Å²) in [6.07, 6.45) is 0. The second kappa shape index (κ2) is 8.47. The molecule has 146 valence electrons. The van der Waals surface area contributed by atoms with E-state index in [1.165, 1.54) is 4.88 Å². The molecule has 2 aromatic heterocycles. The number of amides is 1. The fraction of sp³-hybridized carbons (Fsp3) is 0.333. The van der Waals surface area contributed by atoms with Crippen LogP contribution in [-0.4, -0.2) is 51.7 Å². The van der Waals surface area contributed by atoms with Crippen LogP contribution in [0.5, 0.6) is 0 Å². The molecule has 1 aliphatic heterocycles. The van der Waals surface area contributed by atoms with Crippen LogP contribution in [-0.2, 0) is 13.1 Å². The Morgan fingerprint density at radius 2 is 1.82 bits per heavy atom. The van der Waals surface area contributed by atoms with Crippen LogP contribution in [0.25, 0.3) is 0 Å². The average molecular weight is 415 g/mol. The molecule has 0 saturated carbocycles. The number of hydrogen-bond acceptors (Lipinski definition) is 4. The van der Waals surface area contributed by atoms with Crippen LogP contribution in [0.15, 0.2) is 47.8 Å². The van der Waals surface area contributed by atoms with Gasteiger partial charge in [0.15, 0.2) is 0 Å². The first-order chi connectivity index (χ1) is 13.6. The van der Waals surface area contributed by atoms with Gasteiger partial charge in [-0.05, 0) is 23.9 Å². The monoisotopic (exact) mass is 414 g/mol. The van der Waals surface area contributed by atoms with Crippen molar-refractivity contribution in [2.75, 3.05) is 26.2 Å². The number of hydrogen-bond donors (Lipinski definition) is 0. The lowest BCUT2D eigenvalue weighted by Gasteiger charge is -2.34. The van der Waals surface area contributed by atoms with Crippen molar-refractivity contribution in [1.29, 1.82) is 0 Å². The molecule has 0 unspecified atom stereocenters. The molecule has 3 aromatic rings. The maximum Gasteiger partial charge on any atom is 0.258 e. The molecule has 3 heterocycles. The predicted molar refractivity (Wildman–Crippen MR) is 113 cm³/mol. The summed E-state index contributed by atoms with van der Waals surface area (Å²) in [5, 5.41) is 7.04. The minimum Gasteiger partial charge on any atom is -0.336 e. The maximum absolute atomic E-state index is 13.1.